The number of hydrogen-bond acceptors (Lipinski definition) is 1. The molecule has 0 aliphatic rings. The van der Waals surface area contributed by atoms with Crippen LogP contribution in [0.3, 0.4) is 0 Å². The molecule has 0 atom stereocenters. The smallest absolute Gasteiger partial charge is 0.0664 e. The fraction of sp³-hybridized carbons (Fsp3) is 0.143. The normalized spacial score (nSPS) is 9.56. The molecule has 0 saturated heterocycles. The Bertz CT molecular complexity index is 200. The molecule has 0 aliphatic heterocycles. The van der Waals surface area contributed by atoms with Gasteiger partial charge in [-0.2, -0.15) is 0 Å². The lowest BCUT2D eigenvalue weighted by atomic mass is 10.2. The van der Waals surface area contributed by atoms with Crippen molar-refractivity contribution in [3.63, 3.8) is 0 Å². The lowest BCUT2D eigenvalue weighted by Gasteiger charge is -1.98. The molecule has 0 fully saturated rings. The molecule has 1 aromatic carbocycles. The van der Waals surface area contributed by atoms with Crippen LogP contribution in [0.1, 0.15) is 5.56 Å². The van der Waals surface area contributed by atoms with Crippen molar-refractivity contribution in [3.05, 3.63) is 28.8 Å². The van der Waals surface area contributed by atoms with Gasteiger partial charge in [0.05, 0.1) is 10.7 Å². The van der Waals surface area contributed by atoms with Gasteiger partial charge in [-0.1, -0.05) is 23.7 Å². The van der Waals surface area contributed by atoms with Gasteiger partial charge in [0.1, 0.15) is 0 Å². The van der Waals surface area contributed by atoms with E-state index < -0.39 is 0 Å². The van der Waals surface area contributed by atoms with Gasteiger partial charge in [-0.15, -0.1) is 0 Å². The summed E-state index contributed by atoms with van der Waals surface area (Å²) in [7, 11) is 0. The lowest BCUT2D eigenvalue weighted by molar-refractivity contribution is 1.47. The van der Waals surface area contributed by atoms with Crippen molar-refractivity contribution in [1.29, 1.82) is 0 Å². The predicted octanol–water partition coefficient (Wildman–Crippen LogP) is 2.23. The van der Waals surface area contributed by atoms with E-state index in [1.807, 2.05) is 19.1 Å². The van der Waals surface area contributed by atoms with E-state index in [-0.39, 0.29) is 0 Å². The Labute approximate surface area is 59.4 Å². The Morgan fingerprint density at radius 1 is 1.44 bits per heavy atom. The number of benzene rings is 1. The number of rotatable bonds is 0. The topological polar surface area (TPSA) is 26.0 Å². The van der Waals surface area contributed by atoms with Crippen LogP contribution in [0.5, 0.6) is 0 Å². The van der Waals surface area contributed by atoms with Gasteiger partial charge < -0.3 is 5.73 Å². The molecular weight excluding hydrogens is 134 g/mol. The van der Waals surface area contributed by atoms with Gasteiger partial charge in [0.15, 0.2) is 0 Å². The maximum Gasteiger partial charge on any atom is 0.0664 e. The third-order valence-electron chi connectivity index (χ3n) is 1.22. The van der Waals surface area contributed by atoms with Gasteiger partial charge in [-0.3, -0.25) is 0 Å². The molecule has 2 heteroatoms. The Morgan fingerprint density at radius 2 is 2.11 bits per heavy atom. The Hall–Kier alpha value is -0.690. The van der Waals surface area contributed by atoms with Gasteiger partial charge in [0, 0.05) is 0 Å². The summed E-state index contributed by atoms with van der Waals surface area (Å²) in [5.41, 5.74) is 7.16. The molecule has 1 rings (SSSR count). The Kier molecular flexibility index (Phi) is 1.63. The largest absolute Gasteiger partial charge is 0.398 e. The van der Waals surface area contributed by atoms with Gasteiger partial charge in [0.25, 0.3) is 0 Å². The van der Waals surface area contributed by atoms with Crippen molar-refractivity contribution >= 4 is 17.3 Å². The molecule has 0 aromatic heterocycles. The van der Waals surface area contributed by atoms with E-state index in [4.69, 9.17) is 17.3 Å². The van der Waals surface area contributed by atoms with Crippen LogP contribution in [-0.2, 0) is 0 Å². The van der Waals surface area contributed by atoms with E-state index in [0.717, 1.165) is 5.56 Å². The van der Waals surface area contributed by atoms with Crippen LogP contribution in [0.4, 0.5) is 5.69 Å². The van der Waals surface area contributed by atoms with Crippen molar-refractivity contribution in [2.75, 3.05) is 5.73 Å². The molecule has 1 aromatic rings. The molecular formula is C7H8ClN. The van der Waals surface area contributed by atoms with E-state index in [9.17, 15) is 0 Å². The highest BCUT2D eigenvalue weighted by Gasteiger charge is 1.95. The second-order valence-electron chi connectivity index (χ2n) is 1.98. The summed E-state index contributed by atoms with van der Waals surface area (Å²) in [5, 5.41) is 0.664. The van der Waals surface area contributed by atoms with Gasteiger partial charge in [0.2, 0.25) is 0 Å². The van der Waals surface area contributed by atoms with Gasteiger partial charge >= 0.3 is 0 Å². The molecule has 1 nitrogen and oxygen atoms in total. The maximum atomic E-state index is 5.75. The van der Waals surface area contributed by atoms with E-state index in [1.165, 1.54) is 0 Å². The van der Waals surface area contributed by atoms with Gasteiger partial charge in [-0.25, -0.2) is 0 Å². The summed E-state index contributed by atoms with van der Waals surface area (Å²) >= 11 is 5.75. The van der Waals surface area contributed by atoms with Crippen molar-refractivity contribution in [1.82, 2.24) is 0 Å². The summed E-state index contributed by atoms with van der Waals surface area (Å²) in [4.78, 5) is 0. The monoisotopic (exact) mass is 141 g/mol. The standard InChI is InChI=1S/C7H8ClN/c1-5-3-2-4-6(9)7(5)8/h2-4H,9H2,1H3. The SMILES string of the molecule is Cc1cccc(N)c1Cl. The van der Waals surface area contributed by atoms with E-state index in [2.05, 4.69) is 0 Å². The van der Waals surface area contributed by atoms with E-state index in [1.54, 1.807) is 6.07 Å². The summed E-state index contributed by atoms with van der Waals surface area (Å²) < 4.78 is 0. The second-order valence-corrected chi connectivity index (χ2v) is 2.36. The van der Waals surface area contributed by atoms with Crippen LogP contribution in [0, 0.1) is 6.92 Å². The fourth-order valence-electron chi connectivity index (χ4n) is 0.670. The first-order chi connectivity index (χ1) is 4.22. The molecule has 0 heterocycles. The molecule has 0 saturated carbocycles. The van der Waals surface area contributed by atoms with E-state index >= 15 is 0 Å². The second kappa shape index (κ2) is 2.28. The Morgan fingerprint density at radius 3 is 2.56 bits per heavy atom. The molecule has 0 bridgehead atoms. The average Bonchev–Trinajstić information content (AvgIpc) is 1.83. The molecule has 0 aliphatic carbocycles. The number of hydrogen-bond donors (Lipinski definition) is 1. The van der Waals surface area contributed by atoms with Crippen LogP contribution in [0.15, 0.2) is 18.2 Å². The zero-order chi connectivity index (χ0) is 6.85. The molecule has 9 heavy (non-hydrogen) atoms. The first-order valence-electron chi connectivity index (χ1n) is 2.72. The number of nitrogens with two attached hydrogens (primary N) is 1. The number of nitrogen functional groups attached to an aromatic ring is 1. The highest BCUT2D eigenvalue weighted by Crippen LogP contribution is 2.21. The van der Waals surface area contributed by atoms with Crippen LogP contribution < -0.4 is 5.73 Å². The van der Waals surface area contributed by atoms with Crippen LogP contribution in [-0.4, -0.2) is 0 Å². The zero-order valence-electron chi connectivity index (χ0n) is 5.19. The third-order valence-corrected chi connectivity index (χ3v) is 1.74. The van der Waals surface area contributed by atoms with Crippen LogP contribution in [0.2, 0.25) is 5.02 Å². The number of aryl methyl sites for hydroxylation is 1. The highest BCUT2D eigenvalue weighted by molar-refractivity contribution is 6.33. The van der Waals surface area contributed by atoms with Crippen molar-refractivity contribution < 1.29 is 0 Å². The van der Waals surface area contributed by atoms with Crippen LogP contribution >= 0.6 is 11.6 Å². The zero-order valence-corrected chi connectivity index (χ0v) is 5.94. The molecule has 48 valence electrons. The predicted molar refractivity (Wildman–Crippen MR) is 40.6 cm³/mol. The quantitative estimate of drug-likeness (QED) is 0.551. The summed E-state index contributed by atoms with van der Waals surface area (Å²) in [5.74, 6) is 0. The number of anilines is 1. The maximum absolute atomic E-state index is 5.75. The average molecular weight is 142 g/mol. The molecule has 0 unspecified atom stereocenters. The highest BCUT2D eigenvalue weighted by atomic mass is 35.5. The van der Waals surface area contributed by atoms with Crippen molar-refractivity contribution in [3.8, 4) is 0 Å². The minimum atomic E-state index is 0.650. The minimum absolute atomic E-state index is 0.650. The molecule has 0 spiro atoms. The first-order valence-corrected chi connectivity index (χ1v) is 3.10. The summed E-state index contributed by atoms with van der Waals surface area (Å²) in [6.45, 7) is 1.93. The van der Waals surface area contributed by atoms with Gasteiger partial charge in [-0.05, 0) is 18.6 Å². The summed E-state index contributed by atoms with van der Waals surface area (Å²) in [6, 6.07) is 5.60. The molecule has 0 amide bonds. The number of halogens is 1. The van der Waals surface area contributed by atoms with Crippen molar-refractivity contribution in [2.45, 2.75) is 6.92 Å². The Balaban J connectivity index is 3.25. The lowest BCUT2D eigenvalue weighted by Crippen LogP contribution is -1.86. The minimum Gasteiger partial charge on any atom is -0.398 e. The fourth-order valence-corrected chi connectivity index (χ4v) is 0.796. The molecule has 2 N–H and O–H groups in total. The molecule has 0 radical (unpaired) electrons. The van der Waals surface area contributed by atoms with Crippen LogP contribution in [0.25, 0.3) is 0 Å². The van der Waals surface area contributed by atoms with E-state index in [0.29, 0.717) is 10.7 Å². The first kappa shape index (κ1) is 6.43. The van der Waals surface area contributed by atoms with Crippen molar-refractivity contribution in [2.24, 2.45) is 0 Å². The third kappa shape index (κ3) is 1.16. The summed E-state index contributed by atoms with van der Waals surface area (Å²) in [6.07, 6.45) is 0.